The molecule has 2 nitrogen and oxygen atoms in total. The Labute approximate surface area is 130 Å². The average molecular weight is 316 g/mol. The predicted octanol–water partition coefficient (Wildman–Crippen LogP) is 4.69. The Hall–Kier alpha value is -0.485. The second-order valence-corrected chi connectivity index (χ2v) is 8.04. The lowest BCUT2D eigenvalue weighted by molar-refractivity contribution is 0.00578. The minimum atomic E-state index is -2.58. The van der Waals surface area contributed by atoms with Gasteiger partial charge in [-0.15, -0.1) is 0 Å². The fraction of sp³-hybridized carbons (Fsp3) is 0.875. The minimum absolute atomic E-state index is 0.351. The Morgan fingerprint density at radius 3 is 1.82 bits per heavy atom. The van der Waals surface area contributed by atoms with Crippen molar-refractivity contribution in [3.63, 3.8) is 0 Å². The molecule has 22 heavy (non-hydrogen) atoms. The van der Waals surface area contributed by atoms with Crippen LogP contribution in [0.4, 0.5) is 13.2 Å². The SMILES string of the molecule is CC1C(F)(F)C12CCC(=C(F)B1OC(C)(C)C(C)(C)O1)CC2. The van der Waals surface area contributed by atoms with Crippen molar-refractivity contribution in [3.05, 3.63) is 11.3 Å². The van der Waals surface area contributed by atoms with E-state index in [9.17, 15) is 13.2 Å². The Bertz CT molecular complexity index is 501. The number of rotatable bonds is 1. The van der Waals surface area contributed by atoms with Gasteiger partial charge in [0.1, 0.15) is 5.73 Å². The molecule has 0 N–H and O–H groups in total. The first-order chi connectivity index (χ1) is 9.95. The van der Waals surface area contributed by atoms with E-state index in [4.69, 9.17) is 9.31 Å². The van der Waals surface area contributed by atoms with Crippen LogP contribution in [0.25, 0.3) is 0 Å². The van der Waals surface area contributed by atoms with Crippen molar-refractivity contribution >= 4 is 7.12 Å². The predicted molar refractivity (Wildman–Crippen MR) is 79.2 cm³/mol. The zero-order valence-corrected chi connectivity index (χ0v) is 13.9. The highest BCUT2D eigenvalue weighted by molar-refractivity contribution is 6.53. The molecule has 0 aromatic rings. The van der Waals surface area contributed by atoms with Crippen LogP contribution in [-0.4, -0.2) is 24.2 Å². The quantitative estimate of drug-likeness (QED) is 0.654. The Kier molecular flexibility index (Phi) is 3.37. The summed E-state index contributed by atoms with van der Waals surface area (Å²) in [7, 11) is -1.01. The van der Waals surface area contributed by atoms with Gasteiger partial charge in [-0.05, 0) is 59.0 Å². The molecule has 124 valence electrons. The number of halogens is 3. The third-order valence-electron chi connectivity index (χ3n) is 6.50. The lowest BCUT2D eigenvalue weighted by Gasteiger charge is -2.32. The van der Waals surface area contributed by atoms with Gasteiger partial charge in [0.2, 0.25) is 0 Å². The van der Waals surface area contributed by atoms with Crippen LogP contribution in [0.5, 0.6) is 0 Å². The molecule has 0 radical (unpaired) electrons. The molecule has 1 heterocycles. The fourth-order valence-electron chi connectivity index (χ4n) is 3.82. The van der Waals surface area contributed by atoms with E-state index in [1.54, 1.807) is 6.92 Å². The molecule has 1 unspecified atom stereocenters. The highest BCUT2D eigenvalue weighted by atomic mass is 19.3. The molecule has 1 atom stereocenters. The maximum absolute atomic E-state index is 14.7. The van der Waals surface area contributed by atoms with E-state index in [1.807, 2.05) is 27.7 Å². The average Bonchev–Trinajstić information content (AvgIpc) is 2.70. The maximum Gasteiger partial charge on any atom is 0.525 e. The Morgan fingerprint density at radius 2 is 1.45 bits per heavy atom. The molecule has 1 aliphatic heterocycles. The highest BCUT2D eigenvalue weighted by Gasteiger charge is 2.77. The van der Waals surface area contributed by atoms with Crippen molar-refractivity contribution in [1.29, 1.82) is 0 Å². The summed E-state index contributed by atoms with van der Waals surface area (Å²) in [5.74, 6) is -3.17. The molecule has 3 fully saturated rings. The monoisotopic (exact) mass is 316 g/mol. The van der Waals surface area contributed by atoms with E-state index in [0.29, 0.717) is 31.3 Å². The second kappa shape index (κ2) is 4.53. The van der Waals surface area contributed by atoms with Crippen molar-refractivity contribution in [2.45, 2.75) is 77.4 Å². The van der Waals surface area contributed by atoms with Gasteiger partial charge in [-0.3, -0.25) is 0 Å². The van der Waals surface area contributed by atoms with E-state index in [2.05, 4.69) is 0 Å². The first-order valence-electron chi connectivity index (χ1n) is 8.05. The van der Waals surface area contributed by atoms with Crippen molar-refractivity contribution in [2.75, 3.05) is 0 Å². The Balaban J connectivity index is 1.72. The van der Waals surface area contributed by atoms with E-state index < -0.39 is 41.3 Å². The first kappa shape index (κ1) is 16.4. The summed E-state index contributed by atoms with van der Waals surface area (Å²) >= 11 is 0. The van der Waals surface area contributed by atoms with E-state index in [1.165, 1.54) is 0 Å². The number of alkyl halides is 2. The molecule has 2 aliphatic carbocycles. The smallest absolute Gasteiger partial charge is 0.398 e. The standard InChI is InChI=1S/C16H24BF3O2/c1-10-15(16(10,19)20)8-6-11(7-9-15)12(18)17-21-13(2,3)14(4,5)22-17/h10H,6-9H2,1-5H3. The molecule has 0 amide bonds. The summed E-state index contributed by atoms with van der Waals surface area (Å²) in [6.45, 7) is 9.07. The number of hydrogen-bond acceptors (Lipinski definition) is 2. The highest BCUT2D eigenvalue weighted by Crippen LogP contribution is 2.72. The molecule has 1 spiro atoms. The van der Waals surface area contributed by atoms with E-state index in [-0.39, 0.29) is 0 Å². The molecule has 0 bridgehead atoms. The fourth-order valence-corrected chi connectivity index (χ4v) is 3.82. The molecule has 1 saturated heterocycles. The van der Waals surface area contributed by atoms with Gasteiger partial charge in [-0.25, -0.2) is 13.2 Å². The van der Waals surface area contributed by atoms with Gasteiger partial charge in [0, 0.05) is 11.3 Å². The molecular weight excluding hydrogens is 292 g/mol. The van der Waals surface area contributed by atoms with E-state index in [0.717, 1.165) is 0 Å². The zero-order chi connectivity index (χ0) is 16.6. The van der Waals surface area contributed by atoms with Gasteiger partial charge in [-0.2, -0.15) is 0 Å². The van der Waals surface area contributed by atoms with Crippen molar-refractivity contribution in [3.8, 4) is 0 Å². The normalized spacial score (nSPS) is 38.5. The van der Waals surface area contributed by atoms with Crippen LogP contribution in [-0.2, 0) is 9.31 Å². The van der Waals surface area contributed by atoms with Gasteiger partial charge in [0.25, 0.3) is 5.92 Å². The zero-order valence-electron chi connectivity index (χ0n) is 13.9. The van der Waals surface area contributed by atoms with E-state index >= 15 is 0 Å². The van der Waals surface area contributed by atoms with Crippen LogP contribution in [0.2, 0.25) is 0 Å². The second-order valence-electron chi connectivity index (χ2n) is 8.04. The summed E-state index contributed by atoms with van der Waals surface area (Å²) in [5, 5.41) is 0. The maximum atomic E-state index is 14.7. The summed E-state index contributed by atoms with van der Waals surface area (Å²) in [5.41, 5.74) is -1.91. The third-order valence-corrected chi connectivity index (χ3v) is 6.50. The van der Waals surface area contributed by atoms with Crippen molar-refractivity contribution < 1.29 is 22.5 Å². The lowest BCUT2D eigenvalue weighted by Crippen LogP contribution is -2.41. The van der Waals surface area contributed by atoms with Crippen LogP contribution in [0.1, 0.15) is 60.3 Å². The van der Waals surface area contributed by atoms with Gasteiger partial charge in [0.05, 0.1) is 11.2 Å². The first-order valence-corrected chi connectivity index (χ1v) is 8.05. The molecule has 3 rings (SSSR count). The third kappa shape index (κ3) is 2.02. The Morgan fingerprint density at radius 1 is 1.05 bits per heavy atom. The van der Waals surface area contributed by atoms with Gasteiger partial charge < -0.3 is 9.31 Å². The summed E-state index contributed by atoms with van der Waals surface area (Å²) < 4.78 is 53.6. The molecule has 0 aromatic carbocycles. The molecule has 3 aliphatic rings. The summed E-state index contributed by atoms with van der Waals surface area (Å²) in [6.07, 6.45) is 1.44. The minimum Gasteiger partial charge on any atom is -0.398 e. The number of hydrogen-bond donors (Lipinski definition) is 0. The molecule has 0 aromatic heterocycles. The topological polar surface area (TPSA) is 18.5 Å². The van der Waals surface area contributed by atoms with Crippen LogP contribution in [0.3, 0.4) is 0 Å². The number of allylic oxidation sites excluding steroid dienone is 1. The molecule has 2 saturated carbocycles. The van der Waals surface area contributed by atoms with Gasteiger partial charge >= 0.3 is 7.12 Å². The van der Waals surface area contributed by atoms with Crippen LogP contribution in [0.15, 0.2) is 11.3 Å². The van der Waals surface area contributed by atoms with Crippen LogP contribution >= 0.6 is 0 Å². The summed E-state index contributed by atoms with van der Waals surface area (Å²) in [4.78, 5) is 0. The molecular formula is C16H24BF3O2. The summed E-state index contributed by atoms with van der Waals surface area (Å²) in [6, 6.07) is 0. The lowest BCUT2D eigenvalue weighted by atomic mass is 9.75. The van der Waals surface area contributed by atoms with Crippen molar-refractivity contribution in [1.82, 2.24) is 0 Å². The largest absolute Gasteiger partial charge is 0.525 e. The van der Waals surface area contributed by atoms with Crippen LogP contribution < -0.4 is 0 Å². The van der Waals surface area contributed by atoms with Gasteiger partial charge in [0.15, 0.2) is 0 Å². The van der Waals surface area contributed by atoms with Crippen molar-refractivity contribution in [2.24, 2.45) is 11.3 Å². The molecule has 6 heteroatoms. The van der Waals surface area contributed by atoms with Gasteiger partial charge in [-0.1, -0.05) is 6.92 Å². The van der Waals surface area contributed by atoms with Crippen LogP contribution in [0, 0.1) is 11.3 Å².